The van der Waals surface area contributed by atoms with E-state index in [1.54, 1.807) is 6.07 Å². The van der Waals surface area contributed by atoms with E-state index in [1.807, 2.05) is 0 Å². The zero-order chi connectivity index (χ0) is 4.12. The molecule has 0 aromatic rings. The molecule has 0 amide bonds. The fraction of sp³-hybridized carbons (Fsp3) is 0.333. The summed E-state index contributed by atoms with van der Waals surface area (Å²) in [6.07, 6.45) is 1.30. The van der Waals surface area contributed by atoms with Gasteiger partial charge in [-0.05, 0) is 0 Å². The maximum atomic E-state index is 9.06. The van der Waals surface area contributed by atoms with E-state index in [1.165, 1.54) is 6.29 Å². The minimum absolute atomic E-state index is 0. The van der Waals surface area contributed by atoms with Gasteiger partial charge >= 0.3 is 0 Å². The quantitative estimate of drug-likeness (QED) is 0.616. The van der Waals surface area contributed by atoms with Crippen molar-refractivity contribution in [3.05, 3.63) is 0 Å². The Balaban J connectivity index is 0. The monoisotopic (exact) mass is 252 g/mol. The fourth-order valence-corrected chi connectivity index (χ4v) is 0.0323. The molecule has 2 nitrogen and oxygen atoms in total. The Morgan fingerprint density at radius 2 is 2.33 bits per heavy atom. The summed E-state index contributed by atoms with van der Waals surface area (Å²) in [5, 5.41) is 7.55. The van der Waals surface area contributed by atoms with E-state index >= 15 is 0 Å². The summed E-state index contributed by atoms with van der Waals surface area (Å²) in [7, 11) is 0. The first-order valence-corrected chi connectivity index (χ1v) is 1.13. The minimum atomic E-state index is -0.111. The van der Waals surface area contributed by atoms with Crippen LogP contribution in [0.1, 0.15) is 6.42 Å². The van der Waals surface area contributed by atoms with Crippen LogP contribution in [0.2, 0.25) is 0 Å². The number of nitrogens with zero attached hydrogens (tertiary/aromatic N) is 1. The number of hydrogen-bond acceptors (Lipinski definition) is 2. The van der Waals surface area contributed by atoms with Gasteiger partial charge in [0.15, 0.2) is 0 Å². The average molecular weight is 252 g/mol. The molecule has 0 rings (SSSR count). The molecule has 32 valence electrons. The molecular formula is C3H2NOW-. The second kappa shape index (κ2) is 8.85. The molecule has 0 aliphatic carbocycles. The van der Waals surface area contributed by atoms with Crippen molar-refractivity contribution in [2.45, 2.75) is 6.42 Å². The van der Waals surface area contributed by atoms with E-state index in [0.717, 1.165) is 0 Å². The van der Waals surface area contributed by atoms with E-state index in [0.29, 0.717) is 0 Å². The first-order valence-electron chi connectivity index (χ1n) is 1.13. The Kier molecular flexibility index (Phi) is 13.7. The molecule has 0 fully saturated rings. The van der Waals surface area contributed by atoms with Crippen LogP contribution in [0.15, 0.2) is 0 Å². The van der Waals surface area contributed by atoms with Gasteiger partial charge in [-0.1, -0.05) is 6.42 Å². The Hall–Kier alpha value is -0.152. The van der Waals surface area contributed by atoms with E-state index in [2.05, 4.69) is 0 Å². The Morgan fingerprint density at radius 3 is 2.33 bits per heavy atom. The second-order valence-corrected chi connectivity index (χ2v) is 0.479. The molecule has 0 aromatic carbocycles. The van der Waals surface area contributed by atoms with Gasteiger partial charge in [-0.25, -0.2) is 5.26 Å². The van der Waals surface area contributed by atoms with Gasteiger partial charge in [0.25, 0.3) is 0 Å². The summed E-state index contributed by atoms with van der Waals surface area (Å²) in [5.74, 6) is 0. The molecule has 0 heterocycles. The molecule has 0 saturated heterocycles. The fourth-order valence-electron chi connectivity index (χ4n) is 0.0323. The maximum absolute atomic E-state index is 9.06. The Morgan fingerprint density at radius 1 is 1.83 bits per heavy atom. The molecule has 0 saturated carbocycles. The van der Waals surface area contributed by atoms with Crippen molar-refractivity contribution in [3.8, 4) is 6.07 Å². The summed E-state index contributed by atoms with van der Waals surface area (Å²) in [5.41, 5.74) is 0. The molecular weight excluding hydrogens is 250 g/mol. The largest absolute Gasteiger partial charge is 0.541 e. The van der Waals surface area contributed by atoms with Gasteiger partial charge in [0, 0.05) is 27.1 Å². The predicted molar refractivity (Wildman–Crippen MR) is 15.9 cm³/mol. The standard InChI is InChI=1S/C3H2NO.W/c4-2-1-3-5;/h1H2;/q-1;. The van der Waals surface area contributed by atoms with Crippen LogP contribution in [0.25, 0.3) is 0 Å². The maximum Gasteiger partial charge on any atom is 0.0330 e. The summed E-state index contributed by atoms with van der Waals surface area (Å²) in [6, 6.07) is 1.59. The van der Waals surface area contributed by atoms with Gasteiger partial charge < -0.3 is 4.79 Å². The number of rotatable bonds is 1. The molecule has 0 radical (unpaired) electrons. The topological polar surface area (TPSA) is 40.9 Å². The van der Waals surface area contributed by atoms with Gasteiger partial charge in [-0.3, -0.25) is 6.29 Å². The molecule has 0 bridgehead atoms. The first kappa shape index (κ1) is 9.28. The van der Waals surface area contributed by atoms with Crippen LogP contribution < -0.4 is 0 Å². The zero-order valence-corrected chi connectivity index (χ0v) is 5.90. The summed E-state index contributed by atoms with van der Waals surface area (Å²) < 4.78 is 0. The van der Waals surface area contributed by atoms with Crippen LogP contribution in [-0.2, 0) is 25.9 Å². The summed E-state index contributed by atoms with van der Waals surface area (Å²) in [4.78, 5) is 9.06. The molecule has 0 aromatic heterocycles. The third-order valence-electron chi connectivity index (χ3n) is 0.151. The van der Waals surface area contributed by atoms with Gasteiger partial charge in [0.05, 0.1) is 0 Å². The third kappa shape index (κ3) is 9.14. The van der Waals surface area contributed by atoms with Gasteiger partial charge in [-0.15, -0.1) is 0 Å². The predicted octanol–water partition coefficient (Wildman–Crippen LogP) is 0.00728. The van der Waals surface area contributed by atoms with Crippen LogP contribution in [0.5, 0.6) is 0 Å². The molecule has 0 atom stereocenters. The normalized spacial score (nSPS) is 4.50. The van der Waals surface area contributed by atoms with Crippen molar-refractivity contribution in [3.63, 3.8) is 0 Å². The molecule has 0 aliphatic rings. The summed E-state index contributed by atoms with van der Waals surface area (Å²) in [6.45, 7) is 0. The van der Waals surface area contributed by atoms with Crippen LogP contribution in [0.4, 0.5) is 0 Å². The Labute approximate surface area is 50.4 Å². The average Bonchev–Trinajstić information content (AvgIpc) is 1.41. The van der Waals surface area contributed by atoms with E-state index in [4.69, 9.17) is 10.1 Å². The number of nitriles is 1. The van der Waals surface area contributed by atoms with Crippen molar-refractivity contribution in [1.29, 1.82) is 5.26 Å². The minimum Gasteiger partial charge on any atom is -0.541 e. The van der Waals surface area contributed by atoms with E-state index in [9.17, 15) is 0 Å². The zero-order valence-electron chi connectivity index (χ0n) is 2.97. The second-order valence-electron chi connectivity index (χ2n) is 0.479. The smallest absolute Gasteiger partial charge is 0.0330 e. The molecule has 0 spiro atoms. The van der Waals surface area contributed by atoms with Crippen LogP contribution in [-0.4, -0.2) is 6.29 Å². The van der Waals surface area contributed by atoms with Crippen molar-refractivity contribution in [2.24, 2.45) is 0 Å². The summed E-state index contributed by atoms with van der Waals surface area (Å²) >= 11 is 0. The van der Waals surface area contributed by atoms with Crippen molar-refractivity contribution in [2.75, 3.05) is 0 Å². The first-order chi connectivity index (χ1) is 2.41. The van der Waals surface area contributed by atoms with E-state index < -0.39 is 0 Å². The number of carbonyl (C=O) groups excluding carboxylic acids is 1. The number of hydrogen-bond donors (Lipinski definition) is 0. The van der Waals surface area contributed by atoms with Gasteiger partial charge in [0.1, 0.15) is 0 Å². The van der Waals surface area contributed by atoms with Crippen LogP contribution in [0.3, 0.4) is 0 Å². The van der Waals surface area contributed by atoms with Crippen molar-refractivity contribution < 1.29 is 25.9 Å². The Bertz CT molecular complexity index is 65.7. The SMILES string of the molecule is N#CC[C-]=O.[W]. The van der Waals surface area contributed by atoms with Crippen LogP contribution in [0, 0.1) is 11.3 Å². The molecule has 0 N–H and O–H groups in total. The van der Waals surface area contributed by atoms with Crippen LogP contribution >= 0.6 is 0 Å². The van der Waals surface area contributed by atoms with Gasteiger partial charge in [0.2, 0.25) is 0 Å². The van der Waals surface area contributed by atoms with Crippen molar-refractivity contribution >= 4 is 6.29 Å². The molecule has 0 aliphatic heterocycles. The van der Waals surface area contributed by atoms with Gasteiger partial charge in [-0.2, -0.15) is 0 Å². The third-order valence-corrected chi connectivity index (χ3v) is 0.151. The van der Waals surface area contributed by atoms with Crippen molar-refractivity contribution in [1.82, 2.24) is 0 Å². The van der Waals surface area contributed by atoms with E-state index in [-0.39, 0.29) is 27.5 Å². The molecule has 0 unspecified atom stereocenters. The molecule has 6 heavy (non-hydrogen) atoms. The molecule has 3 heteroatoms.